The Bertz CT molecular complexity index is 1270. The van der Waals surface area contributed by atoms with E-state index in [1.54, 1.807) is 33.3 Å². The summed E-state index contributed by atoms with van der Waals surface area (Å²) in [6.07, 6.45) is 5.81. The van der Waals surface area contributed by atoms with Gasteiger partial charge in [-0.15, -0.1) is 0 Å². The predicted octanol–water partition coefficient (Wildman–Crippen LogP) is 3.52. The largest absolute Gasteiger partial charge is 0.507 e. The van der Waals surface area contributed by atoms with Gasteiger partial charge in [0.1, 0.15) is 11.5 Å². The summed E-state index contributed by atoms with van der Waals surface area (Å²) >= 11 is 0. The van der Waals surface area contributed by atoms with Crippen LogP contribution in [0.15, 0.2) is 54.6 Å². The van der Waals surface area contributed by atoms with Gasteiger partial charge in [0.15, 0.2) is 0 Å². The molecule has 35 heavy (non-hydrogen) atoms. The van der Waals surface area contributed by atoms with Gasteiger partial charge in [-0.25, -0.2) is 9.78 Å². The molecule has 1 aliphatic heterocycles. The summed E-state index contributed by atoms with van der Waals surface area (Å²) in [5.74, 6) is -2.28. The van der Waals surface area contributed by atoms with Crippen LogP contribution in [0.3, 0.4) is 0 Å². The topological polar surface area (TPSA) is 118 Å². The first kappa shape index (κ1) is 24.0. The Morgan fingerprint density at radius 1 is 1.17 bits per heavy atom. The van der Waals surface area contributed by atoms with Gasteiger partial charge in [-0.3, -0.25) is 9.59 Å². The van der Waals surface area contributed by atoms with Crippen LogP contribution in [0.2, 0.25) is 0 Å². The molecule has 1 atom stereocenters. The average molecular weight is 477 g/mol. The van der Waals surface area contributed by atoms with E-state index in [-0.39, 0.29) is 23.6 Å². The molecular formula is C26H28N4O5. The molecule has 3 aromatic rings. The van der Waals surface area contributed by atoms with Crippen LogP contribution in [0.1, 0.15) is 52.3 Å². The minimum atomic E-state index is -0.753. The number of carbonyl (C=O) groups is 3. The molecule has 1 fully saturated rings. The zero-order chi connectivity index (χ0) is 25.1. The molecule has 182 valence electrons. The Balaban J connectivity index is 1.77. The average Bonchev–Trinajstić information content (AvgIpc) is 3.53. The number of imidazole rings is 1. The number of benzene rings is 1. The van der Waals surface area contributed by atoms with Gasteiger partial charge in [0, 0.05) is 36.7 Å². The van der Waals surface area contributed by atoms with Crippen molar-refractivity contribution >= 4 is 23.4 Å². The third-order valence-corrected chi connectivity index (χ3v) is 6.18. The molecule has 1 aromatic carbocycles. The van der Waals surface area contributed by atoms with Gasteiger partial charge in [-0.2, -0.15) is 0 Å². The molecule has 0 spiro atoms. The van der Waals surface area contributed by atoms with E-state index in [0.29, 0.717) is 41.9 Å². The first-order valence-electron chi connectivity index (χ1n) is 11.5. The predicted molar refractivity (Wildman–Crippen MR) is 129 cm³/mol. The number of aromatic amines is 1. The smallest absolute Gasteiger partial charge is 0.355 e. The number of rotatable bonds is 8. The fourth-order valence-corrected chi connectivity index (χ4v) is 4.58. The molecule has 0 radical (unpaired) electrons. The molecular weight excluding hydrogens is 448 g/mol. The van der Waals surface area contributed by atoms with Crippen molar-refractivity contribution in [3.63, 3.8) is 0 Å². The Morgan fingerprint density at radius 2 is 1.91 bits per heavy atom. The van der Waals surface area contributed by atoms with E-state index in [1.165, 1.54) is 4.90 Å². The van der Waals surface area contributed by atoms with Gasteiger partial charge in [0.25, 0.3) is 11.7 Å². The number of carbonyl (C=O) groups excluding carboxylic acids is 3. The van der Waals surface area contributed by atoms with Gasteiger partial charge >= 0.3 is 5.97 Å². The standard InChI is InChI=1S/C26H28N4O5/c1-4-35-26(34)21-16(2)19(17(3)28-21)23(31)20-22(18-9-6-5-7-10-18)30(25(33)24(20)32)13-8-12-29-14-11-27-15-29/h5-7,9-11,14-15,22,28,31H,4,8,12-13H2,1-3H3/b23-20+/t22-/m0/s1. The number of Topliss-reactive ketones (excluding diaryl/α,β-unsaturated/α-hetero) is 1. The molecule has 4 rings (SSSR count). The number of hydrogen-bond acceptors (Lipinski definition) is 6. The summed E-state index contributed by atoms with van der Waals surface area (Å²) in [6, 6.07) is 8.40. The fourth-order valence-electron chi connectivity index (χ4n) is 4.58. The van der Waals surface area contributed by atoms with E-state index in [0.717, 1.165) is 0 Å². The SMILES string of the molecule is CCOC(=O)c1[nH]c(C)c(/C(O)=C2\C(=O)C(=O)N(CCCn3ccnc3)[C@H]2c2ccccc2)c1C. The summed E-state index contributed by atoms with van der Waals surface area (Å²) in [6.45, 7) is 6.22. The van der Waals surface area contributed by atoms with E-state index in [4.69, 9.17) is 4.74 Å². The highest BCUT2D eigenvalue weighted by Gasteiger charge is 2.46. The third kappa shape index (κ3) is 4.49. The Hall–Kier alpha value is -4.14. The van der Waals surface area contributed by atoms with Gasteiger partial charge in [-0.1, -0.05) is 30.3 Å². The molecule has 0 saturated carbocycles. The van der Waals surface area contributed by atoms with Crippen molar-refractivity contribution in [3.05, 3.63) is 82.7 Å². The molecule has 2 aromatic heterocycles. The second kappa shape index (κ2) is 10.0. The number of aliphatic hydroxyl groups excluding tert-OH is 1. The van der Waals surface area contributed by atoms with Crippen LogP contribution in [0.5, 0.6) is 0 Å². The van der Waals surface area contributed by atoms with Crippen molar-refractivity contribution in [3.8, 4) is 0 Å². The van der Waals surface area contributed by atoms with Crippen molar-refractivity contribution in [1.29, 1.82) is 0 Å². The van der Waals surface area contributed by atoms with Crippen LogP contribution in [0.25, 0.3) is 5.76 Å². The zero-order valence-corrected chi connectivity index (χ0v) is 19.9. The number of ether oxygens (including phenoxy) is 1. The maximum atomic E-state index is 13.2. The number of likely N-dealkylation sites (tertiary alicyclic amines) is 1. The van der Waals surface area contributed by atoms with Crippen LogP contribution >= 0.6 is 0 Å². The van der Waals surface area contributed by atoms with E-state index < -0.39 is 23.7 Å². The molecule has 1 amide bonds. The number of amides is 1. The molecule has 1 aliphatic rings. The van der Waals surface area contributed by atoms with Gasteiger partial charge in [0.05, 0.1) is 24.5 Å². The second-order valence-electron chi connectivity index (χ2n) is 8.40. The number of ketones is 1. The molecule has 9 heteroatoms. The lowest BCUT2D eigenvalue weighted by atomic mass is 9.94. The number of esters is 1. The normalized spacial score (nSPS) is 17.2. The minimum Gasteiger partial charge on any atom is -0.507 e. The van der Waals surface area contributed by atoms with Gasteiger partial charge in [-0.05, 0) is 38.3 Å². The highest BCUT2D eigenvalue weighted by Crippen LogP contribution is 2.40. The number of aryl methyl sites for hydroxylation is 2. The highest BCUT2D eigenvalue weighted by molar-refractivity contribution is 6.46. The summed E-state index contributed by atoms with van der Waals surface area (Å²) in [5.41, 5.74) is 2.21. The number of H-pyrrole nitrogens is 1. The van der Waals surface area contributed by atoms with E-state index in [9.17, 15) is 19.5 Å². The van der Waals surface area contributed by atoms with Gasteiger partial charge < -0.3 is 24.3 Å². The second-order valence-corrected chi connectivity index (χ2v) is 8.40. The summed E-state index contributed by atoms with van der Waals surface area (Å²) in [4.78, 5) is 47.2. The maximum absolute atomic E-state index is 13.2. The molecule has 0 aliphatic carbocycles. The summed E-state index contributed by atoms with van der Waals surface area (Å²) < 4.78 is 7.00. The summed E-state index contributed by atoms with van der Waals surface area (Å²) in [5, 5.41) is 11.4. The zero-order valence-electron chi connectivity index (χ0n) is 19.9. The fraction of sp³-hybridized carbons (Fsp3) is 0.308. The lowest BCUT2D eigenvalue weighted by molar-refractivity contribution is -0.139. The van der Waals surface area contributed by atoms with Crippen molar-refractivity contribution in [2.45, 2.75) is 39.8 Å². The number of nitrogens with zero attached hydrogens (tertiary/aromatic N) is 3. The quantitative estimate of drug-likeness (QED) is 0.222. The van der Waals surface area contributed by atoms with Crippen LogP contribution in [0.4, 0.5) is 0 Å². The third-order valence-electron chi connectivity index (χ3n) is 6.18. The van der Waals surface area contributed by atoms with E-state index >= 15 is 0 Å². The number of aliphatic hydroxyl groups is 1. The Labute approximate surface area is 203 Å². The molecule has 1 saturated heterocycles. The van der Waals surface area contributed by atoms with Crippen molar-refractivity contribution in [2.24, 2.45) is 0 Å². The lowest BCUT2D eigenvalue weighted by Crippen LogP contribution is -2.31. The van der Waals surface area contributed by atoms with Crippen LogP contribution in [-0.2, 0) is 20.9 Å². The van der Waals surface area contributed by atoms with Crippen molar-refractivity contribution in [2.75, 3.05) is 13.2 Å². The number of nitrogens with one attached hydrogen (secondary N) is 1. The number of aromatic nitrogens is 3. The summed E-state index contributed by atoms with van der Waals surface area (Å²) in [7, 11) is 0. The van der Waals surface area contributed by atoms with Crippen LogP contribution in [-0.4, -0.2) is 55.4 Å². The van der Waals surface area contributed by atoms with E-state index in [1.807, 2.05) is 41.1 Å². The minimum absolute atomic E-state index is 0.00411. The van der Waals surface area contributed by atoms with Crippen molar-refractivity contribution in [1.82, 2.24) is 19.4 Å². The first-order valence-corrected chi connectivity index (χ1v) is 11.5. The van der Waals surface area contributed by atoms with Crippen LogP contribution in [0, 0.1) is 13.8 Å². The molecule has 9 nitrogen and oxygen atoms in total. The first-order chi connectivity index (χ1) is 16.8. The Kier molecular flexibility index (Phi) is 6.86. The highest BCUT2D eigenvalue weighted by atomic mass is 16.5. The molecule has 0 bridgehead atoms. The van der Waals surface area contributed by atoms with E-state index in [2.05, 4.69) is 9.97 Å². The van der Waals surface area contributed by atoms with Crippen molar-refractivity contribution < 1.29 is 24.2 Å². The Morgan fingerprint density at radius 3 is 2.57 bits per heavy atom. The van der Waals surface area contributed by atoms with Gasteiger partial charge in [0.2, 0.25) is 0 Å². The van der Waals surface area contributed by atoms with Crippen LogP contribution < -0.4 is 0 Å². The molecule has 0 unspecified atom stereocenters. The maximum Gasteiger partial charge on any atom is 0.355 e. The number of hydrogen-bond donors (Lipinski definition) is 2. The molecule has 3 heterocycles. The monoisotopic (exact) mass is 476 g/mol. The lowest BCUT2D eigenvalue weighted by Gasteiger charge is -2.25. The molecule has 2 N–H and O–H groups in total.